The Morgan fingerprint density at radius 3 is 2.12 bits per heavy atom. The Kier molecular flexibility index (Phi) is 4.94. The summed E-state index contributed by atoms with van der Waals surface area (Å²) in [6.07, 6.45) is 1.43. The smallest absolute Gasteiger partial charge is 0.258 e. The second kappa shape index (κ2) is 6.89. The van der Waals surface area contributed by atoms with Crippen molar-refractivity contribution in [2.45, 2.75) is 30.7 Å². The van der Waals surface area contributed by atoms with Crippen molar-refractivity contribution in [3.8, 4) is 0 Å². The van der Waals surface area contributed by atoms with Gasteiger partial charge in [-0.05, 0) is 41.8 Å². The van der Waals surface area contributed by atoms with E-state index in [1.165, 1.54) is 10.4 Å². The van der Waals surface area contributed by atoms with Gasteiger partial charge in [0.05, 0.1) is 22.4 Å². The van der Waals surface area contributed by atoms with Gasteiger partial charge in [-0.2, -0.15) is 0 Å². The van der Waals surface area contributed by atoms with Crippen LogP contribution in [0.5, 0.6) is 0 Å². The summed E-state index contributed by atoms with van der Waals surface area (Å²) in [5.41, 5.74) is 1.48. The van der Waals surface area contributed by atoms with Crippen molar-refractivity contribution < 1.29 is 16.8 Å². The molecule has 26 heavy (non-hydrogen) atoms. The molecule has 1 atom stereocenters. The van der Waals surface area contributed by atoms with Gasteiger partial charge in [-0.25, -0.2) is 16.8 Å². The molecule has 0 amide bonds. The van der Waals surface area contributed by atoms with Crippen molar-refractivity contribution in [2.24, 2.45) is 0 Å². The Bertz CT molecular complexity index is 1010. The van der Waals surface area contributed by atoms with Gasteiger partial charge in [-0.3, -0.25) is 4.31 Å². The monoisotopic (exact) mass is 391 g/mol. The number of hydrogen-bond donors (Lipinski definition) is 0. The molecule has 0 aliphatic carbocycles. The third kappa shape index (κ3) is 3.68. The lowest BCUT2D eigenvalue weighted by molar-refractivity contribution is 0.586. The number of hydrogen-bond acceptors (Lipinski definition) is 4. The zero-order valence-electron chi connectivity index (χ0n) is 14.6. The number of para-hydroxylation sites is 1. The molecule has 0 radical (unpaired) electrons. The number of rotatable bonds is 5. The van der Waals surface area contributed by atoms with E-state index in [0.29, 0.717) is 11.6 Å². The lowest BCUT2D eigenvalue weighted by Gasteiger charge is -2.29. The van der Waals surface area contributed by atoms with Crippen molar-refractivity contribution in [1.82, 2.24) is 0 Å². The Hall–Kier alpha value is -2.12. The average Bonchev–Trinajstić information content (AvgIpc) is 2.95. The van der Waals surface area contributed by atoms with Crippen LogP contribution in [0.25, 0.3) is 0 Å². The maximum absolute atomic E-state index is 13.3. The molecule has 0 aromatic heterocycles. The Balaban J connectivity index is 2.07. The van der Waals surface area contributed by atoms with Crippen LogP contribution in [-0.4, -0.2) is 28.6 Å². The maximum Gasteiger partial charge on any atom is 0.264 e. The van der Waals surface area contributed by atoms with Gasteiger partial charge < -0.3 is 0 Å². The van der Waals surface area contributed by atoms with E-state index in [1.807, 2.05) is 13.8 Å². The molecule has 0 saturated carbocycles. The lowest BCUT2D eigenvalue weighted by Crippen LogP contribution is -2.41. The molecule has 0 N–H and O–H groups in total. The van der Waals surface area contributed by atoms with Crippen molar-refractivity contribution in [2.75, 3.05) is 10.1 Å². The summed E-state index contributed by atoms with van der Waals surface area (Å²) in [7, 11) is -7.31. The summed E-state index contributed by atoms with van der Waals surface area (Å²) in [6.45, 7) is 4.07. The molecule has 1 heterocycles. The van der Waals surface area contributed by atoms with Gasteiger partial charge >= 0.3 is 0 Å². The zero-order valence-corrected chi connectivity index (χ0v) is 16.2. The molecule has 7 heteroatoms. The summed E-state index contributed by atoms with van der Waals surface area (Å²) in [5, 5.41) is 1.09. The van der Waals surface area contributed by atoms with Gasteiger partial charge in [0.1, 0.15) is 0 Å². The molecule has 1 aliphatic heterocycles. The number of sulfonamides is 1. The molecule has 3 rings (SSSR count). The Labute approximate surface area is 154 Å². The van der Waals surface area contributed by atoms with Crippen LogP contribution >= 0.6 is 0 Å². The van der Waals surface area contributed by atoms with E-state index < -0.39 is 25.9 Å². The molecule has 2 aromatic carbocycles. The highest BCUT2D eigenvalue weighted by molar-refractivity contribution is 7.95. The van der Waals surface area contributed by atoms with Crippen LogP contribution in [0.2, 0.25) is 0 Å². The molecule has 0 fully saturated rings. The van der Waals surface area contributed by atoms with E-state index in [0.717, 1.165) is 11.0 Å². The first kappa shape index (κ1) is 18.7. The molecular weight excluding hydrogens is 370 g/mol. The van der Waals surface area contributed by atoms with Crippen LogP contribution in [0, 0.1) is 0 Å². The van der Waals surface area contributed by atoms with Crippen molar-refractivity contribution >= 4 is 25.5 Å². The van der Waals surface area contributed by atoms with Gasteiger partial charge in [0, 0.05) is 5.41 Å². The molecule has 0 saturated heterocycles. The number of benzene rings is 2. The lowest BCUT2D eigenvalue weighted by atomic mass is 10.0. The molecule has 1 aliphatic rings. The normalized spacial score (nSPS) is 19.0. The van der Waals surface area contributed by atoms with Crippen LogP contribution in [-0.2, 0) is 19.9 Å². The molecule has 2 aromatic rings. The first-order valence-electron chi connectivity index (χ1n) is 8.31. The van der Waals surface area contributed by atoms with Crippen LogP contribution in [0.1, 0.15) is 25.3 Å². The van der Waals surface area contributed by atoms with Crippen LogP contribution in [0.15, 0.2) is 71.0 Å². The van der Waals surface area contributed by atoms with Gasteiger partial charge in [-0.1, -0.05) is 44.2 Å². The van der Waals surface area contributed by atoms with Gasteiger partial charge in [0.2, 0.25) is 0 Å². The summed E-state index contributed by atoms with van der Waals surface area (Å²) < 4.78 is 51.5. The molecule has 0 bridgehead atoms. The van der Waals surface area contributed by atoms with Gasteiger partial charge in [0.15, 0.2) is 9.84 Å². The molecule has 5 nitrogen and oxygen atoms in total. The molecular formula is C19H21NO4S2. The molecule has 0 spiro atoms. The van der Waals surface area contributed by atoms with Crippen molar-refractivity contribution in [3.63, 3.8) is 0 Å². The first-order chi connectivity index (χ1) is 12.2. The summed E-state index contributed by atoms with van der Waals surface area (Å²) in [6, 6.07) is 14.5. The standard InChI is InChI=1S/C19H21NO4S2/c1-15(2)16-8-10-19(11-9-16)26(23,24)20(17-6-4-3-5-7-17)18-12-13-25(21,22)14-18/h3-13,15,18H,14H2,1-2H3/t18-/m0/s1. The first-order valence-corrected chi connectivity index (χ1v) is 11.5. The second-order valence-electron chi connectivity index (χ2n) is 6.59. The van der Waals surface area contributed by atoms with E-state index in [-0.39, 0.29) is 10.6 Å². The fraction of sp³-hybridized carbons (Fsp3) is 0.263. The van der Waals surface area contributed by atoms with E-state index in [2.05, 4.69) is 0 Å². The van der Waals surface area contributed by atoms with Gasteiger partial charge in [-0.15, -0.1) is 0 Å². The molecule has 138 valence electrons. The topological polar surface area (TPSA) is 71.5 Å². The number of sulfone groups is 1. The van der Waals surface area contributed by atoms with Crippen LogP contribution in [0.4, 0.5) is 5.69 Å². The summed E-state index contributed by atoms with van der Waals surface area (Å²) in [4.78, 5) is 0.142. The number of nitrogens with zero attached hydrogens (tertiary/aromatic N) is 1. The second-order valence-corrected chi connectivity index (χ2v) is 10.3. The highest BCUT2D eigenvalue weighted by atomic mass is 32.2. The largest absolute Gasteiger partial charge is 0.264 e. The highest BCUT2D eigenvalue weighted by Crippen LogP contribution is 2.30. The van der Waals surface area contributed by atoms with E-state index in [9.17, 15) is 16.8 Å². The highest BCUT2D eigenvalue weighted by Gasteiger charge is 2.35. The molecule has 0 unspecified atom stereocenters. The minimum Gasteiger partial charge on any atom is -0.258 e. The van der Waals surface area contributed by atoms with E-state index in [4.69, 9.17) is 0 Å². The minimum atomic E-state index is -3.91. The number of anilines is 1. The van der Waals surface area contributed by atoms with Crippen molar-refractivity contribution in [1.29, 1.82) is 0 Å². The SMILES string of the molecule is CC(C)c1ccc(S(=O)(=O)N(c2ccccc2)[C@H]2C=CS(=O)(=O)C2)cc1. The van der Waals surface area contributed by atoms with Crippen molar-refractivity contribution in [3.05, 3.63) is 71.6 Å². The van der Waals surface area contributed by atoms with E-state index in [1.54, 1.807) is 54.6 Å². The van der Waals surface area contributed by atoms with Crippen LogP contribution < -0.4 is 4.31 Å². The third-order valence-electron chi connectivity index (χ3n) is 4.33. The minimum absolute atomic E-state index is 0.142. The van der Waals surface area contributed by atoms with Gasteiger partial charge in [0.25, 0.3) is 10.0 Å². The Morgan fingerprint density at radius 1 is 1.00 bits per heavy atom. The fourth-order valence-corrected chi connectivity index (χ4v) is 5.90. The predicted molar refractivity (Wildman–Crippen MR) is 103 cm³/mol. The Morgan fingerprint density at radius 2 is 1.62 bits per heavy atom. The predicted octanol–water partition coefficient (Wildman–Crippen LogP) is 3.32. The maximum atomic E-state index is 13.3. The zero-order chi connectivity index (χ0) is 18.9. The summed E-state index contributed by atoms with van der Waals surface area (Å²) in [5.74, 6) is 0.0328. The summed E-state index contributed by atoms with van der Waals surface area (Å²) >= 11 is 0. The average molecular weight is 392 g/mol. The fourth-order valence-electron chi connectivity index (χ4n) is 2.93. The van der Waals surface area contributed by atoms with E-state index >= 15 is 0 Å². The third-order valence-corrected chi connectivity index (χ3v) is 7.57. The quantitative estimate of drug-likeness (QED) is 0.784. The van der Waals surface area contributed by atoms with Crippen LogP contribution in [0.3, 0.4) is 0 Å².